The first-order chi connectivity index (χ1) is 28.2. The molecule has 7 aromatic rings. The van der Waals surface area contributed by atoms with Crippen molar-refractivity contribution in [3.8, 4) is 11.1 Å². The molecule has 0 unspecified atom stereocenters. The summed E-state index contributed by atoms with van der Waals surface area (Å²) in [5, 5.41) is 1.32. The van der Waals surface area contributed by atoms with Crippen molar-refractivity contribution in [1.82, 2.24) is 0 Å². The molecule has 0 aliphatic rings. The van der Waals surface area contributed by atoms with Crippen molar-refractivity contribution in [2.24, 2.45) is 0 Å². The summed E-state index contributed by atoms with van der Waals surface area (Å²) in [6, 6.07) is 42.2. The van der Waals surface area contributed by atoms with E-state index in [1.807, 2.05) is 103 Å². The Labute approximate surface area is 357 Å². The summed E-state index contributed by atoms with van der Waals surface area (Å²) in [5.74, 6) is 0. The van der Waals surface area contributed by atoms with E-state index >= 15 is 0 Å². The van der Waals surface area contributed by atoms with E-state index in [0.717, 1.165) is 15.9 Å². The number of alkyl halides is 12. The largest absolute Gasteiger partial charge is 2.00 e. The molecule has 0 bridgehead atoms. The number of benzene rings is 5. The molecule has 0 aromatic heterocycles. The van der Waals surface area contributed by atoms with Gasteiger partial charge in [-0.15, -0.1) is 17.2 Å². The van der Waals surface area contributed by atoms with Gasteiger partial charge in [0, 0.05) is 0 Å². The van der Waals surface area contributed by atoms with Gasteiger partial charge >= 0.3 is 41.8 Å². The predicted octanol–water partition coefficient (Wildman–Crippen LogP) is 13.5. The Morgan fingerprint density at radius 1 is 0.459 bits per heavy atom. The van der Waals surface area contributed by atoms with Gasteiger partial charge in [-0.05, 0) is 84.4 Å². The molecule has 15 heteroatoms. The molecule has 0 N–H and O–H groups in total. The first-order valence-electron chi connectivity index (χ1n) is 18.0. The molecule has 0 saturated heterocycles. The number of hydrogen-bond donors (Lipinski definition) is 0. The Kier molecular flexibility index (Phi) is 14.9. The molecule has 0 saturated carbocycles. The van der Waals surface area contributed by atoms with Crippen LogP contribution in [0.4, 0.5) is 52.7 Å². The van der Waals surface area contributed by atoms with Crippen molar-refractivity contribution in [3.63, 3.8) is 0 Å². The normalized spacial score (nSPS) is 12.8. The van der Waals surface area contributed by atoms with Crippen LogP contribution < -0.4 is 26.5 Å². The number of hydrogen-bond acceptors (Lipinski definition) is 0. The third-order valence-electron chi connectivity index (χ3n) is 9.41. The zero-order valence-electron chi connectivity index (χ0n) is 31.5. The summed E-state index contributed by atoms with van der Waals surface area (Å²) in [6.45, 7) is 1.39. The Morgan fingerprint density at radius 2 is 0.852 bits per heavy atom. The maximum absolute atomic E-state index is 14.1. The van der Waals surface area contributed by atoms with Crippen LogP contribution in [0.15, 0.2) is 170 Å². The molecule has 7 rings (SSSR count). The van der Waals surface area contributed by atoms with Gasteiger partial charge in [-0.3, -0.25) is 0 Å². The van der Waals surface area contributed by atoms with E-state index in [4.69, 9.17) is 0 Å². The van der Waals surface area contributed by atoms with Crippen LogP contribution in [0.25, 0.3) is 11.1 Å². The van der Waals surface area contributed by atoms with Gasteiger partial charge in [-0.2, -0.15) is 83.0 Å². The van der Waals surface area contributed by atoms with Crippen molar-refractivity contribution < 1.29 is 69.8 Å². The molecular formula is C46H32F12FeP2. The van der Waals surface area contributed by atoms with Crippen LogP contribution in [0, 0.1) is 0 Å². The fourth-order valence-corrected chi connectivity index (χ4v) is 12.0. The Hall–Kier alpha value is -4.66. The first-order valence-corrected chi connectivity index (χ1v) is 20.8. The molecule has 7 aromatic carbocycles. The van der Waals surface area contributed by atoms with E-state index in [-0.39, 0.29) is 29.2 Å². The Balaban J connectivity index is 0.00000109. The Morgan fingerprint density at radius 3 is 1.23 bits per heavy atom. The van der Waals surface area contributed by atoms with Gasteiger partial charge in [0.2, 0.25) is 0 Å². The fraction of sp³-hybridized carbons (Fsp3) is 0.130. The second-order valence-electron chi connectivity index (χ2n) is 13.5. The van der Waals surface area contributed by atoms with Crippen LogP contribution in [-0.4, -0.2) is 0 Å². The maximum atomic E-state index is 14.1. The molecule has 0 nitrogen and oxygen atoms in total. The minimum Gasteiger partial charge on any atom is -0.214 e. The zero-order valence-corrected chi connectivity index (χ0v) is 34.4. The van der Waals surface area contributed by atoms with Crippen molar-refractivity contribution in [1.29, 1.82) is 0 Å². The number of rotatable bonds is 8. The van der Waals surface area contributed by atoms with Gasteiger partial charge in [-0.1, -0.05) is 97.4 Å². The van der Waals surface area contributed by atoms with E-state index < -0.39 is 79.1 Å². The smallest absolute Gasteiger partial charge is 0.214 e. The summed E-state index contributed by atoms with van der Waals surface area (Å²) in [6.07, 6.45) is -21.3. The van der Waals surface area contributed by atoms with E-state index in [1.165, 1.54) is 13.0 Å². The molecule has 0 heterocycles. The average Bonchev–Trinajstić information content (AvgIpc) is 3.95. The molecular weight excluding hydrogens is 898 g/mol. The minimum atomic E-state index is -5.33. The second-order valence-corrected chi connectivity index (χ2v) is 18.2. The standard InChI is InChI=1S/C41H27F12P2.C5H5.Fe/c1-25(34-16-10-17-35(34)36-15-8-9-18-37(36)55(30-11-4-2-5-12-30)31-13-6-3-7-14-31)54(32-21-26(38(42,43)44)19-27(22-32)39(45,46)47)33-23-28(40(48,49)50)20-29(24-33)41(51,52)53;1-2-4-5-3-1;/h2-25H,1H3;1-5H;/q2*-1;+2/t25-;;/m0../s1. The molecule has 0 fully saturated rings. The molecule has 0 radical (unpaired) electrons. The molecule has 1 atom stereocenters. The van der Waals surface area contributed by atoms with Crippen LogP contribution in [-0.2, 0) is 41.8 Å². The summed E-state index contributed by atoms with van der Waals surface area (Å²) in [5.41, 5.74) is -6.78. The fourth-order valence-electron chi connectivity index (χ4n) is 6.73. The maximum Gasteiger partial charge on any atom is 2.00 e. The van der Waals surface area contributed by atoms with Crippen LogP contribution in [0.2, 0.25) is 0 Å². The van der Waals surface area contributed by atoms with Gasteiger partial charge in [0.15, 0.2) is 0 Å². The van der Waals surface area contributed by atoms with Crippen molar-refractivity contribution >= 4 is 42.4 Å². The SMILES string of the molecule is C[C@@H]([c-]1cccc1-c1ccccc1P(c1ccccc1)c1ccccc1)P(c1cc(C(F)(F)F)cc(C(F)(F)F)c1)c1cc(C(F)(F)F)cc(C(F)(F)F)c1.[Fe+2].c1cc[cH-]c1. The predicted molar refractivity (Wildman–Crippen MR) is 216 cm³/mol. The van der Waals surface area contributed by atoms with Gasteiger partial charge in [-0.25, -0.2) is 12.1 Å². The van der Waals surface area contributed by atoms with Crippen molar-refractivity contribution in [2.45, 2.75) is 37.3 Å². The molecule has 0 aliphatic carbocycles. The zero-order chi connectivity index (χ0) is 43.5. The second kappa shape index (κ2) is 19.2. The summed E-state index contributed by atoms with van der Waals surface area (Å²) in [7, 11) is -4.10. The Bertz CT molecular complexity index is 2270. The van der Waals surface area contributed by atoms with Gasteiger partial charge in [0.25, 0.3) is 0 Å². The monoisotopic (exact) mass is 930 g/mol. The van der Waals surface area contributed by atoms with Crippen LogP contribution >= 0.6 is 15.8 Å². The van der Waals surface area contributed by atoms with Crippen LogP contribution in [0.1, 0.15) is 40.4 Å². The molecule has 0 amide bonds. The van der Waals surface area contributed by atoms with Gasteiger partial charge in [0.1, 0.15) is 0 Å². The summed E-state index contributed by atoms with van der Waals surface area (Å²) < 4.78 is 170. The molecule has 0 aliphatic heterocycles. The first kappa shape index (κ1) is 47.4. The minimum absolute atomic E-state index is 0. The van der Waals surface area contributed by atoms with E-state index in [2.05, 4.69) is 0 Å². The molecule has 318 valence electrons. The quantitative estimate of drug-likeness (QED) is 0.0616. The van der Waals surface area contributed by atoms with Gasteiger partial charge in [0.05, 0.1) is 22.3 Å². The van der Waals surface area contributed by atoms with E-state index in [9.17, 15) is 52.7 Å². The van der Waals surface area contributed by atoms with E-state index in [0.29, 0.717) is 41.0 Å². The summed E-state index contributed by atoms with van der Waals surface area (Å²) in [4.78, 5) is 0. The van der Waals surface area contributed by atoms with Crippen LogP contribution in [0.3, 0.4) is 0 Å². The topological polar surface area (TPSA) is 0 Å². The van der Waals surface area contributed by atoms with Crippen LogP contribution in [0.5, 0.6) is 0 Å². The average molecular weight is 931 g/mol. The third kappa shape index (κ3) is 11.4. The summed E-state index contributed by atoms with van der Waals surface area (Å²) >= 11 is 0. The van der Waals surface area contributed by atoms with E-state index in [1.54, 1.807) is 24.3 Å². The van der Waals surface area contributed by atoms with Crippen molar-refractivity contribution in [3.05, 3.63) is 198 Å². The number of halogens is 12. The molecule has 0 spiro atoms. The van der Waals surface area contributed by atoms with Crippen molar-refractivity contribution in [2.75, 3.05) is 0 Å². The third-order valence-corrected chi connectivity index (χ3v) is 14.6. The molecule has 61 heavy (non-hydrogen) atoms. The van der Waals surface area contributed by atoms with Gasteiger partial charge < -0.3 is 0 Å².